The molecule has 0 amide bonds. The van der Waals surface area contributed by atoms with E-state index in [1.165, 1.54) is 24.0 Å². The number of hydrogen-bond donors (Lipinski definition) is 3. The minimum Gasteiger partial charge on any atom is -0.370 e. The normalized spacial score (nSPS) is 11.7. The fourth-order valence-electron chi connectivity index (χ4n) is 1.95. The third-order valence-corrected chi connectivity index (χ3v) is 4.86. The van der Waals surface area contributed by atoms with E-state index >= 15 is 0 Å². The molecule has 0 aliphatic heterocycles. The average Bonchev–Trinajstić information content (AvgIpc) is 2.56. The fourth-order valence-corrected chi connectivity index (χ4v) is 2.94. The summed E-state index contributed by atoms with van der Waals surface area (Å²) in [6.07, 6.45) is 2.81. The van der Waals surface area contributed by atoms with E-state index in [1.54, 1.807) is 6.07 Å². The van der Waals surface area contributed by atoms with E-state index < -0.39 is 10.0 Å². The first kappa shape index (κ1) is 21.3. The summed E-state index contributed by atoms with van der Waals surface area (Å²) in [4.78, 5) is 8.02. The lowest BCUT2D eigenvalue weighted by atomic mass is 10.1. The lowest BCUT2D eigenvalue weighted by Gasteiger charge is -2.08. The predicted molar refractivity (Wildman–Crippen MR) is 111 cm³/mol. The van der Waals surface area contributed by atoms with Crippen molar-refractivity contribution in [3.8, 4) is 0 Å². The zero-order valence-corrected chi connectivity index (χ0v) is 17.2. The van der Waals surface area contributed by atoms with Crippen molar-refractivity contribution < 1.29 is 8.42 Å². The van der Waals surface area contributed by atoms with Crippen LogP contribution in [0.3, 0.4) is 0 Å². The van der Waals surface area contributed by atoms with Crippen LogP contribution in [-0.4, -0.2) is 32.5 Å². The molecule has 0 unspecified atom stereocenters. The van der Waals surface area contributed by atoms with Gasteiger partial charge in [-0.05, 0) is 49.2 Å². The summed E-state index contributed by atoms with van der Waals surface area (Å²) < 4.78 is 26.4. The van der Waals surface area contributed by atoms with Crippen LogP contribution in [0.15, 0.2) is 52.6 Å². The molecule has 0 spiro atoms. The number of hydrogen-bond acceptors (Lipinski definition) is 4. The number of aliphatic imine (C=N–C) groups is 1. The molecule has 1 aromatic heterocycles. The van der Waals surface area contributed by atoms with Gasteiger partial charge in [0.2, 0.25) is 10.0 Å². The van der Waals surface area contributed by atoms with Gasteiger partial charge in [-0.15, -0.1) is 24.0 Å². The lowest BCUT2D eigenvalue weighted by Crippen LogP contribution is -2.28. The lowest BCUT2D eigenvalue weighted by molar-refractivity contribution is 0.582. The van der Waals surface area contributed by atoms with Gasteiger partial charge in [-0.2, -0.15) is 0 Å². The van der Waals surface area contributed by atoms with Gasteiger partial charge < -0.3 is 11.1 Å². The maximum Gasteiger partial charge on any atom is 0.242 e. The summed E-state index contributed by atoms with van der Waals surface area (Å²) in [5, 5.41) is 2.98. The SMILES string of the molecule is Cc1ccc(NC(N)=NCCNS(=O)(=O)c2cccnc2)cc1C.I. The number of nitrogens with two attached hydrogens (primary N) is 1. The minimum atomic E-state index is -3.57. The predicted octanol–water partition coefficient (Wildman–Crippen LogP) is 2.02. The van der Waals surface area contributed by atoms with Crippen molar-refractivity contribution in [1.29, 1.82) is 0 Å². The second kappa shape index (κ2) is 9.68. The highest BCUT2D eigenvalue weighted by atomic mass is 127. The summed E-state index contributed by atoms with van der Waals surface area (Å²) >= 11 is 0. The van der Waals surface area contributed by atoms with E-state index in [2.05, 4.69) is 20.0 Å². The van der Waals surface area contributed by atoms with E-state index in [9.17, 15) is 8.42 Å². The number of aromatic nitrogens is 1. The number of guanidine groups is 1. The van der Waals surface area contributed by atoms with Crippen LogP contribution in [0.25, 0.3) is 0 Å². The van der Waals surface area contributed by atoms with Crippen LogP contribution in [0, 0.1) is 13.8 Å². The van der Waals surface area contributed by atoms with Crippen LogP contribution >= 0.6 is 24.0 Å². The Labute approximate surface area is 165 Å². The smallest absolute Gasteiger partial charge is 0.242 e. The van der Waals surface area contributed by atoms with Crippen LogP contribution in [0.5, 0.6) is 0 Å². The summed E-state index contributed by atoms with van der Waals surface area (Å²) in [5.41, 5.74) is 8.99. The highest BCUT2D eigenvalue weighted by molar-refractivity contribution is 14.0. The van der Waals surface area contributed by atoms with Gasteiger partial charge in [-0.1, -0.05) is 6.07 Å². The third-order valence-electron chi connectivity index (χ3n) is 3.41. The van der Waals surface area contributed by atoms with Crippen LogP contribution in [0.1, 0.15) is 11.1 Å². The molecule has 9 heteroatoms. The first-order chi connectivity index (χ1) is 11.4. The molecule has 0 aliphatic rings. The molecule has 0 saturated heterocycles. The second-order valence-corrected chi connectivity index (χ2v) is 7.04. The van der Waals surface area contributed by atoms with Crippen molar-refractivity contribution in [3.63, 3.8) is 0 Å². The van der Waals surface area contributed by atoms with E-state index in [4.69, 9.17) is 5.73 Å². The molecule has 1 aromatic carbocycles. The topological polar surface area (TPSA) is 109 Å². The van der Waals surface area contributed by atoms with Crippen LogP contribution in [0.2, 0.25) is 0 Å². The molecule has 7 nitrogen and oxygen atoms in total. The number of anilines is 1. The molecule has 0 radical (unpaired) electrons. The van der Waals surface area contributed by atoms with Crippen molar-refractivity contribution >= 4 is 45.6 Å². The molecule has 0 atom stereocenters. The summed E-state index contributed by atoms with van der Waals surface area (Å²) in [6, 6.07) is 8.93. The molecular weight excluding hydrogens is 453 g/mol. The van der Waals surface area contributed by atoms with Crippen molar-refractivity contribution in [1.82, 2.24) is 9.71 Å². The molecule has 1 heterocycles. The van der Waals surface area contributed by atoms with E-state index in [1.807, 2.05) is 32.0 Å². The second-order valence-electron chi connectivity index (χ2n) is 5.28. The Morgan fingerprint density at radius 1 is 1.24 bits per heavy atom. The van der Waals surface area contributed by atoms with Gasteiger partial charge in [0.25, 0.3) is 0 Å². The molecule has 0 aliphatic carbocycles. The van der Waals surface area contributed by atoms with E-state index in [0.717, 1.165) is 11.3 Å². The van der Waals surface area contributed by atoms with E-state index in [-0.39, 0.29) is 47.9 Å². The van der Waals surface area contributed by atoms with Crippen LogP contribution in [-0.2, 0) is 10.0 Å². The first-order valence-electron chi connectivity index (χ1n) is 7.42. The zero-order valence-electron chi connectivity index (χ0n) is 14.1. The average molecular weight is 475 g/mol. The summed E-state index contributed by atoms with van der Waals surface area (Å²) in [6.45, 7) is 4.42. The Hall–Kier alpha value is -1.72. The number of aryl methyl sites for hydroxylation is 2. The standard InChI is InChI=1S/C16H21N5O2S.HI/c1-12-5-6-14(10-13(12)2)21-16(17)19-8-9-20-24(22,23)15-4-3-7-18-11-15;/h3-7,10-11,20H,8-9H2,1-2H3,(H3,17,19,21);1H. The molecule has 2 rings (SSSR count). The van der Waals surface area contributed by atoms with Crippen molar-refractivity contribution in [3.05, 3.63) is 53.9 Å². The quantitative estimate of drug-likeness (QED) is 0.256. The third kappa shape index (κ3) is 6.59. The van der Waals surface area contributed by atoms with Gasteiger partial charge in [0.1, 0.15) is 4.90 Å². The highest BCUT2D eigenvalue weighted by Gasteiger charge is 2.12. The number of halogens is 1. The van der Waals surface area contributed by atoms with Crippen LogP contribution < -0.4 is 15.8 Å². The maximum absolute atomic E-state index is 12.0. The number of benzene rings is 1. The Morgan fingerprint density at radius 2 is 2.00 bits per heavy atom. The Balaban J connectivity index is 0.00000312. The first-order valence-corrected chi connectivity index (χ1v) is 8.91. The molecular formula is C16H22IN5O2S. The molecule has 2 aromatic rings. The van der Waals surface area contributed by atoms with Gasteiger partial charge in [0.15, 0.2) is 5.96 Å². The number of nitrogens with zero attached hydrogens (tertiary/aromatic N) is 2. The van der Waals surface area contributed by atoms with Crippen LogP contribution in [0.4, 0.5) is 5.69 Å². The number of pyridine rings is 1. The zero-order chi connectivity index (χ0) is 17.6. The number of sulfonamides is 1. The largest absolute Gasteiger partial charge is 0.370 e. The maximum atomic E-state index is 12.0. The molecule has 4 N–H and O–H groups in total. The number of rotatable bonds is 6. The molecule has 25 heavy (non-hydrogen) atoms. The summed E-state index contributed by atoms with van der Waals surface area (Å²) in [7, 11) is -3.57. The minimum absolute atomic E-state index is 0. The molecule has 136 valence electrons. The summed E-state index contributed by atoms with van der Waals surface area (Å²) in [5.74, 6) is 0.235. The van der Waals surface area contributed by atoms with Gasteiger partial charge in [-0.3, -0.25) is 9.98 Å². The van der Waals surface area contributed by atoms with Crippen molar-refractivity contribution in [2.45, 2.75) is 18.7 Å². The monoisotopic (exact) mass is 475 g/mol. The van der Waals surface area contributed by atoms with Gasteiger partial charge in [-0.25, -0.2) is 13.1 Å². The fraction of sp³-hybridized carbons (Fsp3) is 0.250. The van der Waals surface area contributed by atoms with Gasteiger partial charge in [0.05, 0.1) is 6.54 Å². The van der Waals surface area contributed by atoms with E-state index in [0.29, 0.717) is 0 Å². The highest BCUT2D eigenvalue weighted by Crippen LogP contribution is 2.13. The van der Waals surface area contributed by atoms with Crippen molar-refractivity contribution in [2.75, 3.05) is 18.4 Å². The number of nitrogens with one attached hydrogen (secondary N) is 2. The Morgan fingerprint density at radius 3 is 2.64 bits per heavy atom. The van der Waals surface area contributed by atoms with Gasteiger partial charge >= 0.3 is 0 Å². The van der Waals surface area contributed by atoms with Crippen molar-refractivity contribution in [2.24, 2.45) is 10.7 Å². The Bertz CT molecular complexity index is 826. The molecule has 0 saturated carbocycles. The molecule has 0 bridgehead atoms. The Kier molecular flexibility index (Phi) is 8.26. The molecule has 0 fully saturated rings. The van der Waals surface area contributed by atoms with Gasteiger partial charge in [0, 0.05) is 24.6 Å².